The van der Waals surface area contributed by atoms with Crippen molar-refractivity contribution in [3.63, 3.8) is 0 Å². The molecule has 1 saturated carbocycles. The molecule has 2 aliphatic rings. The monoisotopic (exact) mass is 454 g/mol. The number of aromatic nitrogens is 1. The standard InChI is InChI=1S/C25H30N2O4S/c1-5-7-8-20-16(3)25(28)27(4)15-22(20)21-14-19(26-32(29,30)6-2)13-18-11-12-23(17-9-10-17)31-24(18)21/h5,7-8,13-15,17,23,26H,1,6,9-12H2,2-4H3/b8-7-. The zero-order valence-electron chi connectivity index (χ0n) is 18.8. The van der Waals surface area contributed by atoms with E-state index in [0.29, 0.717) is 17.2 Å². The largest absolute Gasteiger partial charge is 0.489 e. The Morgan fingerprint density at radius 1 is 1.25 bits per heavy atom. The summed E-state index contributed by atoms with van der Waals surface area (Å²) in [5.41, 5.74) is 4.44. The smallest absolute Gasteiger partial charge is 0.253 e. The number of aryl methyl sites for hydroxylation is 2. The predicted octanol–water partition coefficient (Wildman–Crippen LogP) is 4.43. The van der Waals surface area contributed by atoms with Crippen LogP contribution in [-0.2, 0) is 23.5 Å². The summed E-state index contributed by atoms with van der Waals surface area (Å²) in [5.74, 6) is 1.38. The molecule has 0 radical (unpaired) electrons. The molecule has 1 atom stereocenters. The molecule has 1 unspecified atom stereocenters. The second kappa shape index (κ2) is 8.62. The van der Waals surface area contributed by atoms with E-state index >= 15 is 0 Å². The highest BCUT2D eigenvalue weighted by molar-refractivity contribution is 7.92. The predicted molar refractivity (Wildman–Crippen MR) is 130 cm³/mol. The maximum absolute atomic E-state index is 12.6. The first kappa shape index (κ1) is 22.4. The molecular weight excluding hydrogens is 424 g/mol. The lowest BCUT2D eigenvalue weighted by atomic mass is 9.91. The van der Waals surface area contributed by atoms with Crippen LogP contribution in [0.15, 0.2) is 41.9 Å². The second-order valence-electron chi connectivity index (χ2n) is 8.64. The number of hydrogen-bond donors (Lipinski definition) is 1. The number of hydrogen-bond acceptors (Lipinski definition) is 4. The number of nitrogens with zero attached hydrogens (tertiary/aromatic N) is 1. The summed E-state index contributed by atoms with van der Waals surface area (Å²) in [5, 5.41) is 0. The number of ether oxygens (including phenoxy) is 1. The van der Waals surface area contributed by atoms with E-state index < -0.39 is 10.0 Å². The van der Waals surface area contributed by atoms with Crippen LogP contribution in [0, 0.1) is 12.8 Å². The second-order valence-corrected chi connectivity index (χ2v) is 10.7. The number of benzene rings is 1. The Morgan fingerprint density at radius 2 is 2.00 bits per heavy atom. The van der Waals surface area contributed by atoms with E-state index in [1.54, 1.807) is 43.8 Å². The van der Waals surface area contributed by atoms with Crippen LogP contribution in [0.1, 0.15) is 42.9 Å². The van der Waals surface area contributed by atoms with Crippen LogP contribution in [0.2, 0.25) is 0 Å². The number of nitrogens with one attached hydrogen (secondary N) is 1. The molecule has 32 heavy (non-hydrogen) atoms. The quantitative estimate of drug-likeness (QED) is 0.628. The SMILES string of the molecule is C=C/C=C\c1c(-c2cc(NS(=O)(=O)CC)cc3c2OC(C2CC2)CC3)cn(C)c(=O)c1C. The Morgan fingerprint density at radius 3 is 2.66 bits per heavy atom. The van der Waals surface area contributed by atoms with E-state index in [1.165, 1.54) is 12.8 Å². The highest BCUT2D eigenvalue weighted by atomic mass is 32.2. The summed E-state index contributed by atoms with van der Waals surface area (Å²) in [7, 11) is -1.71. The van der Waals surface area contributed by atoms with Gasteiger partial charge in [0.05, 0.1) is 5.75 Å². The summed E-state index contributed by atoms with van der Waals surface area (Å²) < 4.78 is 35.3. The molecule has 7 heteroatoms. The average Bonchev–Trinajstić information content (AvgIpc) is 3.61. The number of fused-ring (bicyclic) bond motifs is 1. The summed E-state index contributed by atoms with van der Waals surface area (Å²) >= 11 is 0. The normalized spacial score (nSPS) is 18.3. The van der Waals surface area contributed by atoms with Crippen LogP contribution >= 0.6 is 0 Å². The lowest BCUT2D eigenvalue weighted by molar-refractivity contribution is 0.152. The Bertz CT molecular complexity index is 1250. The molecule has 0 saturated heterocycles. The van der Waals surface area contributed by atoms with Crippen molar-refractivity contribution in [1.82, 2.24) is 4.57 Å². The summed E-state index contributed by atoms with van der Waals surface area (Å²) in [6, 6.07) is 3.70. The Balaban J connectivity index is 1.95. The van der Waals surface area contributed by atoms with Crippen molar-refractivity contribution in [2.24, 2.45) is 13.0 Å². The molecule has 1 aromatic carbocycles. The minimum Gasteiger partial charge on any atom is -0.489 e. The molecule has 6 nitrogen and oxygen atoms in total. The number of pyridine rings is 1. The van der Waals surface area contributed by atoms with E-state index in [1.807, 2.05) is 18.2 Å². The molecule has 170 valence electrons. The molecule has 0 spiro atoms. The zero-order chi connectivity index (χ0) is 23.0. The third kappa shape index (κ3) is 4.39. The minimum atomic E-state index is -3.43. The summed E-state index contributed by atoms with van der Waals surface area (Å²) in [6.45, 7) is 7.16. The van der Waals surface area contributed by atoms with Gasteiger partial charge in [0.1, 0.15) is 11.9 Å². The Kier molecular flexibility index (Phi) is 6.03. The molecule has 2 aromatic rings. The number of sulfonamides is 1. The van der Waals surface area contributed by atoms with E-state index in [9.17, 15) is 13.2 Å². The van der Waals surface area contributed by atoms with Crippen LogP contribution < -0.4 is 15.0 Å². The fraction of sp³-hybridized carbons (Fsp3) is 0.400. The molecular formula is C25H30N2O4S. The number of rotatable bonds is 7. The Labute approximate surface area is 189 Å². The zero-order valence-corrected chi connectivity index (χ0v) is 19.7. The van der Waals surface area contributed by atoms with Gasteiger partial charge in [-0.05, 0) is 68.7 Å². The third-order valence-corrected chi connectivity index (χ3v) is 7.59. The molecule has 1 aliphatic heterocycles. The van der Waals surface area contributed by atoms with Gasteiger partial charge in [-0.1, -0.05) is 24.8 Å². The van der Waals surface area contributed by atoms with Crippen LogP contribution in [0.25, 0.3) is 17.2 Å². The van der Waals surface area contributed by atoms with Crippen molar-refractivity contribution in [1.29, 1.82) is 0 Å². The molecule has 0 bridgehead atoms. The molecule has 1 N–H and O–H groups in total. The van der Waals surface area contributed by atoms with Gasteiger partial charge >= 0.3 is 0 Å². The summed E-state index contributed by atoms with van der Waals surface area (Å²) in [4.78, 5) is 12.6. The molecule has 4 rings (SSSR count). The van der Waals surface area contributed by atoms with Crippen LogP contribution in [-0.4, -0.2) is 24.8 Å². The van der Waals surface area contributed by atoms with Gasteiger partial charge in [0.15, 0.2) is 0 Å². The maximum atomic E-state index is 12.6. The first-order chi connectivity index (χ1) is 15.2. The first-order valence-electron chi connectivity index (χ1n) is 11.1. The number of allylic oxidation sites excluding steroid dienone is 2. The highest BCUT2D eigenvalue weighted by Gasteiger charge is 2.36. The first-order valence-corrected chi connectivity index (χ1v) is 12.7. The summed E-state index contributed by atoms with van der Waals surface area (Å²) in [6.07, 6.45) is 11.5. The van der Waals surface area contributed by atoms with Crippen molar-refractivity contribution < 1.29 is 13.2 Å². The van der Waals surface area contributed by atoms with Gasteiger partial charge in [-0.2, -0.15) is 0 Å². The van der Waals surface area contributed by atoms with Crippen LogP contribution in [0.4, 0.5) is 5.69 Å². The number of anilines is 1. The highest BCUT2D eigenvalue weighted by Crippen LogP contribution is 2.46. The topological polar surface area (TPSA) is 77.4 Å². The fourth-order valence-electron chi connectivity index (χ4n) is 4.33. The van der Waals surface area contributed by atoms with Crippen LogP contribution in [0.3, 0.4) is 0 Å². The van der Waals surface area contributed by atoms with E-state index in [0.717, 1.165) is 40.8 Å². The van der Waals surface area contributed by atoms with Gasteiger partial charge in [0, 0.05) is 35.6 Å². The molecule has 0 amide bonds. The minimum absolute atomic E-state index is 0.00799. The van der Waals surface area contributed by atoms with Crippen molar-refractivity contribution in [2.75, 3.05) is 10.5 Å². The Hall–Kier alpha value is -2.80. The molecule has 1 aliphatic carbocycles. The van der Waals surface area contributed by atoms with Crippen molar-refractivity contribution in [2.45, 2.75) is 45.6 Å². The van der Waals surface area contributed by atoms with Crippen molar-refractivity contribution in [3.05, 3.63) is 64.1 Å². The average molecular weight is 455 g/mol. The van der Waals surface area contributed by atoms with Crippen LogP contribution in [0.5, 0.6) is 5.75 Å². The van der Waals surface area contributed by atoms with Crippen molar-refractivity contribution in [3.8, 4) is 16.9 Å². The van der Waals surface area contributed by atoms with Gasteiger partial charge in [0.2, 0.25) is 10.0 Å². The van der Waals surface area contributed by atoms with E-state index in [4.69, 9.17) is 4.74 Å². The van der Waals surface area contributed by atoms with E-state index in [-0.39, 0.29) is 17.4 Å². The van der Waals surface area contributed by atoms with Gasteiger partial charge in [-0.15, -0.1) is 0 Å². The van der Waals surface area contributed by atoms with Gasteiger partial charge in [0.25, 0.3) is 5.56 Å². The van der Waals surface area contributed by atoms with Gasteiger partial charge in [-0.25, -0.2) is 8.42 Å². The molecule has 1 aromatic heterocycles. The van der Waals surface area contributed by atoms with E-state index in [2.05, 4.69) is 11.3 Å². The fourth-order valence-corrected chi connectivity index (χ4v) is 4.95. The van der Waals surface area contributed by atoms with Crippen molar-refractivity contribution >= 4 is 21.8 Å². The lowest BCUT2D eigenvalue weighted by Crippen LogP contribution is -2.26. The van der Waals surface area contributed by atoms with Gasteiger partial charge < -0.3 is 9.30 Å². The lowest BCUT2D eigenvalue weighted by Gasteiger charge is -2.29. The molecule has 1 fully saturated rings. The third-order valence-electron chi connectivity index (χ3n) is 6.28. The maximum Gasteiger partial charge on any atom is 0.253 e. The van der Waals surface area contributed by atoms with Gasteiger partial charge in [-0.3, -0.25) is 9.52 Å². The molecule has 2 heterocycles.